The van der Waals surface area contributed by atoms with Gasteiger partial charge in [0.2, 0.25) is 10.0 Å². The molecule has 0 aliphatic carbocycles. The van der Waals surface area contributed by atoms with Crippen molar-refractivity contribution in [2.75, 3.05) is 19.6 Å². The summed E-state index contributed by atoms with van der Waals surface area (Å²) in [5.41, 5.74) is 0.508. The summed E-state index contributed by atoms with van der Waals surface area (Å²) in [5, 5.41) is 3.22. The first-order valence-corrected chi connectivity index (χ1v) is 9.14. The summed E-state index contributed by atoms with van der Waals surface area (Å²) in [6, 6.07) is 8.52. The molecule has 25 heavy (non-hydrogen) atoms. The Balaban J connectivity index is 0.00000225. The topological polar surface area (TPSA) is 49.4 Å². The van der Waals surface area contributed by atoms with Crippen molar-refractivity contribution in [2.45, 2.75) is 10.9 Å². The summed E-state index contributed by atoms with van der Waals surface area (Å²) in [5.74, 6) is -1.32. The Bertz CT molecular complexity index is 865. The van der Waals surface area contributed by atoms with E-state index >= 15 is 0 Å². The second-order valence-electron chi connectivity index (χ2n) is 5.47. The fraction of sp³-hybridized carbons (Fsp3) is 0.250. The van der Waals surface area contributed by atoms with E-state index in [0.717, 1.165) is 12.1 Å². The third-order valence-corrected chi connectivity index (χ3v) is 6.07. The van der Waals surface area contributed by atoms with Gasteiger partial charge in [-0.15, -0.1) is 12.4 Å². The number of piperazine rings is 1. The molecule has 1 N–H and O–H groups in total. The van der Waals surface area contributed by atoms with E-state index in [1.807, 2.05) is 0 Å². The van der Waals surface area contributed by atoms with Crippen molar-refractivity contribution in [3.63, 3.8) is 0 Å². The summed E-state index contributed by atoms with van der Waals surface area (Å²) in [6.45, 7) is 0.883. The van der Waals surface area contributed by atoms with Gasteiger partial charge < -0.3 is 5.32 Å². The van der Waals surface area contributed by atoms with Gasteiger partial charge in [-0.2, -0.15) is 4.31 Å². The monoisotopic (exact) mass is 408 g/mol. The summed E-state index contributed by atoms with van der Waals surface area (Å²) >= 11 is 5.82. The Morgan fingerprint density at radius 1 is 1.16 bits per heavy atom. The normalized spacial score (nSPS) is 18.6. The summed E-state index contributed by atoms with van der Waals surface area (Å²) < 4.78 is 54.7. The number of halogens is 4. The van der Waals surface area contributed by atoms with Crippen LogP contribution in [0.2, 0.25) is 5.02 Å². The average Bonchev–Trinajstić information content (AvgIpc) is 2.57. The molecule has 1 heterocycles. The first-order chi connectivity index (χ1) is 11.4. The lowest BCUT2D eigenvalue weighted by Crippen LogP contribution is -2.48. The second-order valence-corrected chi connectivity index (χ2v) is 7.76. The van der Waals surface area contributed by atoms with Crippen LogP contribution >= 0.6 is 24.0 Å². The summed E-state index contributed by atoms with van der Waals surface area (Å²) in [7, 11) is -4.11. The van der Waals surface area contributed by atoms with E-state index in [4.69, 9.17) is 11.6 Å². The standard InChI is InChI=1S/C16H15ClF2N2O2S.ClH/c17-12-4-5-14(19)16(9-12)24(22,23)21-7-6-20-10-15(21)11-2-1-3-13(18)8-11;/h1-5,8-9,15,20H,6-7,10H2;1H. The molecule has 1 fully saturated rings. The van der Waals surface area contributed by atoms with Crippen LogP contribution in [-0.2, 0) is 10.0 Å². The molecule has 0 amide bonds. The molecule has 2 aromatic carbocycles. The second kappa shape index (κ2) is 7.97. The van der Waals surface area contributed by atoms with Crippen molar-refractivity contribution in [3.8, 4) is 0 Å². The van der Waals surface area contributed by atoms with Crippen LogP contribution in [-0.4, -0.2) is 32.4 Å². The van der Waals surface area contributed by atoms with E-state index < -0.39 is 32.6 Å². The van der Waals surface area contributed by atoms with Gasteiger partial charge in [0.1, 0.15) is 16.5 Å². The number of benzene rings is 2. The molecular formula is C16H16Cl2F2N2O2S. The van der Waals surface area contributed by atoms with E-state index in [1.165, 1.54) is 28.6 Å². The van der Waals surface area contributed by atoms with Gasteiger partial charge in [0.25, 0.3) is 0 Å². The van der Waals surface area contributed by atoms with Crippen LogP contribution in [0.15, 0.2) is 47.4 Å². The predicted molar refractivity (Wildman–Crippen MR) is 94.6 cm³/mol. The van der Waals surface area contributed by atoms with Crippen molar-refractivity contribution in [1.29, 1.82) is 0 Å². The van der Waals surface area contributed by atoms with E-state index in [-0.39, 0.29) is 24.0 Å². The Morgan fingerprint density at radius 3 is 2.64 bits per heavy atom. The molecular weight excluding hydrogens is 393 g/mol. The van der Waals surface area contributed by atoms with Crippen LogP contribution in [0.5, 0.6) is 0 Å². The van der Waals surface area contributed by atoms with Gasteiger partial charge in [-0.05, 0) is 35.9 Å². The maximum atomic E-state index is 14.1. The SMILES string of the molecule is Cl.O=S(=O)(c1cc(Cl)ccc1F)N1CCNCC1c1cccc(F)c1. The molecule has 9 heteroatoms. The van der Waals surface area contributed by atoms with Crippen molar-refractivity contribution in [3.05, 3.63) is 64.7 Å². The molecule has 0 aromatic heterocycles. The minimum Gasteiger partial charge on any atom is -0.313 e. The zero-order valence-electron chi connectivity index (χ0n) is 13.0. The van der Waals surface area contributed by atoms with Crippen LogP contribution in [0.4, 0.5) is 8.78 Å². The lowest BCUT2D eigenvalue weighted by Gasteiger charge is -2.35. The van der Waals surface area contributed by atoms with Gasteiger partial charge >= 0.3 is 0 Å². The van der Waals surface area contributed by atoms with Crippen molar-refractivity contribution in [1.82, 2.24) is 9.62 Å². The van der Waals surface area contributed by atoms with Crippen LogP contribution in [0.3, 0.4) is 0 Å². The number of nitrogens with one attached hydrogen (secondary N) is 1. The van der Waals surface area contributed by atoms with Crippen LogP contribution < -0.4 is 5.32 Å². The highest BCUT2D eigenvalue weighted by Gasteiger charge is 2.36. The van der Waals surface area contributed by atoms with Crippen LogP contribution in [0.25, 0.3) is 0 Å². The van der Waals surface area contributed by atoms with E-state index in [2.05, 4.69) is 5.32 Å². The van der Waals surface area contributed by atoms with Crippen LogP contribution in [0, 0.1) is 11.6 Å². The maximum absolute atomic E-state index is 14.1. The lowest BCUT2D eigenvalue weighted by atomic mass is 10.1. The van der Waals surface area contributed by atoms with E-state index in [0.29, 0.717) is 18.7 Å². The molecule has 4 nitrogen and oxygen atoms in total. The molecule has 136 valence electrons. The number of sulfonamides is 1. The Hall–Kier alpha value is -1.25. The molecule has 2 aromatic rings. The highest BCUT2D eigenvalue weighted by molar-refractivity contribution is 7.89. The quantitative estimate of drug-likeness (QED) is 0.846. The lowest BCUT2D eigenvalue weighted by molar-refractivity contribution is 0.270. The molecule has 0 saturated carbocycles. The van der Waals surface area contributed by atoms with Crippen molar-refractivity contribution in [2.24, 2.45) is 0 Å². The zero-order chi connectivity index (χ0) is 17.3. The Morgan fingerprint density at radius 2 is 1.92 bits per heavy atom. The molecule has 1 atom stereocenters. The van der Waals surface area contributed by atoms with Gasteiger partial charge in [-0.3, -0.25) is 0 Å². The zero-order valence-corrected chi connectivity index (χ0v) is 15.3. The Kier molecular flexibility index (Phi) is 6.40. The van der Waals surface area contributed by atoms with Gasteiger partial charge in [0.05, 0.1) is 6.04 Å². The van der Waals surface area contributed by atoms with Gasteiger partial charge in [0, 0.05) is 24.7 Å². The molecule has 0 bridgehead atoms. The molecule has 3 rings (SSSR count). The molecule has 1 unspecified atom stereocenters. The maximum Gasteiger partial charge on any atom is 0.246 e. The summed E-state index contributed by atoms with van der Waals surface area (Å²) in [6.07, 6.45) is 0. The van der Waals surface area contributed by atoms with E-state index in [9.17, 15) is 17.2 Å². The van der Waals surface area contributed by atoms with Gasteiger partial charge in [-0.1, -0.05) is 23.7 Å². The molecule has 0 spiro atoms. The number of nitrogens with zero attached hydrogens (tertiary/aromatic N) is 1. The number of hydrogen-bond donors (Lipinski definition) is 1. The minimum atomic E-state index is -4.11. The average molecular weight is 409 g/mol. The molecule has 0 radical (unpaired) electrons. The smallest absolute Gasteiger partial charge is 0.246 e. The first-order valence-electron chi connectivity index (χ1n) is 7.32. The largest absolute Gasteiger partial charge is 0.313 e. The number of hydrogen-bond acceptors (Lipinski definition) is 3. The van der Waals surface area contributed by atoms with Gasteiger partial charge in [0.15, 0.2) is 0 Å². The number of rotatable bonds is 3. The highest BCUT2D eigenvalue weighted by Crippen LogP contribution is 2.31. The molecule has 1 aliphatic rings. The fourth-order valence-corrected chi connectivity index (χ4v) is 4.72. The predicted octanol–water partition coefficient (Wildman–Crippen LogP) is 3.38. The third kappa shape index (κ3) is 4.12. The van der Waals surface area contributed by atoms with Crippen LogP contribution in [0.1, 0.15) is 11.6 Å². The summed E-state index contributed by atoms with van der Waals surface area (Å²) in [4.78, 5) is -0.474. The highest BCUT2D eigenvalue weighted by atomic mass is 35.5. The Labute approximate surface area is 156 Å². The van der Waals surface area contributed by atoms with Crippen molar-refractivity contribution >= 4 is 34.0 Å². The third-order valence-electron chi connectivity index (χ3n) is 3.91. The van der Waals surface area contributed by atoms with E-state index in [1.54, 1.807) is 6.07 Å². The fourth-order valence-electron chi connectivity index (χ4n) is 2.77. The minimum absolute atomic E-state index is 0. The molecule has 1 saturated heterocycles. The van der Waals surface area contributed by atoms with Crippen molar-refractivity contribution < 1.29 is 17.2 Å². The van der Waals surface area contributed by atoms with Gasteiger partial charge in [-0.25, -0.2) is 17.2 Å². The first kappa shape index (κ1) is 20.1. The molecule has 1 aliphatic heterocycles.